The molecular weight excluding hydrogens is 332 g/mol. The molecule has 26 heavy (non-hydrogen) atoms. The molecule has 0 unspecified atom stereocenters. The summed E-state index contributed by atoms with van der Waals surface area (Å²) in [6, 6.07) is 9.69. The monoisotopic (exact) mass is 352 g/mol. The largest absolute Gasteiger partial charge is 0.479 e. The van der Waals surface area contributed by atoms with E-state index in [2.05, 4.69) is 15.2 Å². The lowest BCUT2D eigenvalue weighted by atomic mass is 9.91. The van der Waals surface area contributed by atoms with E-state index >= 15 is 0 Å². The molecule has 2 aromatic carbocycles. The standard InChI is InChI=1S/C19H20N4O3/c1-11-9-14-7-5-6-8-15(14)16(12(11)2)23(18-20-10-21-22-18)19(4,13(3)24)17(25)26/h5-10H,1-4H3,(H,25,26)(H,20,21,22)/t19-/m1/s1. The van der Waals surface area contributed by atoms with Crippen LogP contribution in [-0.4, -0.2) is 37.6 Å². The second-order valence-electron chi connectivity index (χ2n) is 6.46. The Hall–Kier alpha value is -3.22. The van der Waals surface area contributed by atoms with Crippen LogP contribution in [0.4, 0.5) is 11.6 Å². The first-order valence-electron chi connectivity index (χ1n) is 8.18. The van der Waals surface area contributed by atoms with Crippen molar-refractivity contribution in [3.63, 3.8) is 0 Å². The molecule has 3 aromatic rings. The number of hydrogen-bond donors (Lipinski definition) is 2. The number of aromatic amines is 1. The normalized spacial score (nSPS) is 13.4. The Bertz CT molecular complexity index is 981. The van der Waals surface area contributed by atoms with Crippen molar-refractivity contribution in [3.05, 3.63) is 47.8 Å². The third-order valence-corrected chi connectivity index (χ3v) is 4.91. The van der Waals surface area contributed by atoms with E-state index in [-0.39, 0.29) is 5.95 Å². The summed E-state index contributed by atoms with van der Waals surface area (Å²) in [5.74, 6) is -1.65. The SMILES string of the molecule is CC(=O)[C@](C)(C(=O)O)N(c1nc[nH]n1)c1c(C)c(C)cc2ccccc12. The van der Waals surface area contributed by atoms with Crippen LogP contribution in [0.3, 0.4) is 0 Å². The molecule has 0 aliphatic carbocycles. The Morgan fingerprint density at radius 2 is 1.92 bits per heavy atom. The highest BCUT2D eigenvalue weighted by atomic mass is 16.4. The minimum Gasteiger partial charge on any atom is -0.479 e. The third-order valence-electron chi connectivity index (χ3n) is 4.91. The number of carbonyl (C=O) groups is 2. The summed E-state index contributed by atoms with van der Waals surface area (Å²) in [6.45, 7) is 6.50. The predicted octanol–water partition coefficient (Wildman–Crippen LogP) is 3.15. The summed E-state index contributed by atoms with van der Waals surface area (Å²) in [6.07, 6.45) is 1.36. The molecule has 7 heteroatoms. The summed E-state index contributed by atoms with van der Waals surface area (Å²) in [5.41, 5.74) is 0.599. The smallest absolute Gasteiger partial charge is 0.337 e. The molecular formula is C19H20N4O3. The number of carboxylic acid groups (broad SMARTS) is 1. The Morgan fingerprint density at radius 3 is 2.50 bits per heavy atom. The van der Waals surface area contributed by atoms with Gasteiger partial charge in [0.1, 0.15) is 6.33 Å². The number of rotatable bonds is 5. The topological polar surface area (TPSA) is 99.2 Å². The maximum Gasteiger partial charge on any atom is 0.337 e. The van der Waals surface area contributed by atoms with Crippen molar-refractivity contribution in [3.8, 4) is 0 Å². The fraction of sp³-hybridized carbons (Fsp3) is 0.263. The van der Waals surface area contributed by atoms with Crippen molar-refractivity contribution >= 4 is 34.2 Å². The molecule has 1 aromatic heterocycles. The molecule has 134 valence electrons. The van der Waals surface area contributed by atoms with Gasteiger partial charge in [0.25, 0.3) is 0 Å². The number of fused-ring (bicyclic) bond motifs is 1. The van der Waals surface area contributed by atoms with E-state index in [0.29, 0.717) is 5.69 Å². The van der Waals surface area contributed by atoms with Gasteiger partial charge in [-0.15, -0.1) is 5.10 Å². The molecule has 0 amide bonds. The highest BCUT2D eigenvalue weighted by Crippen LogP contribution is 2.40. The maximum absolute atomic E-state index is 12.5. The Balaban J connectivity index is 2.46. The molecule has 0 radical (unpaired) electrons. The van der Waals surface area contributed by atoms with Gasteiger partial charge in [-0.3, -0.25) is 14.8 Å². The first-order chi connectivity index (χ1) is 12.3. The van der Waals surface area contributed by atoms with Crippen LogP contribution in [0.1, 0.15) is 25.0 Å². The molecule has 7 nitrogen and oxygen atoms in total. The molecule has 2 N–H and O–H groups in total. The predicted molar refractivity (Wildman–Crippen MR) is 98.7 cm³/mol. The van der Waals surface area contributed by atoms with E-state index in [1.165, 1.54) is 25.1 Å². The van der Waals surface area contributed by atoms with Gasteiger partial charge in [-0.1, -0.05) is 30.3 Å². The van der Waals surface area contributed by atoms with Crippen LogP contribution in [0.25, 0.3) is 10.8 Å². The minimum atomic E-state index is -1.86. The lowest BCUT2D eigenvalue weighted by molar-refractivity contribution is -0.146. The number of nitrogens with zero attached hydrogens (tertiary/aromatic N) is 3. The lowest BCUT2D eigenvalue weighted by Gasteiger charge is -2.37. The first kappa shape index (κ1) is 17.6. The van der Waals surface area contributed by atoms with Crippen molar-refractivity contribution in [1.82, 2.24) is 15.2 Å². The molecule has 0 aliphatic heterocycles. The maximum atomic E-state index is 12.5. The van der Waals surface area contributed by atoms with Gasteiger partial charge in [0.15, 0.2) is 5.78 Å². The van der Waals surface area contributed by atoms with Gasteiger partial charge in [-0.25, -0.2) is 9.78 Å². The number of carbonyl (C=O) groups excluding carboxylic acids is 1. The van der Waals surface area contributed by atoms with Crippen molar-refractivity contribution in [2.75, 3.05) is 4.90 Å². The number of aromatic nitrogens is 3. The number of carboxylic acids is 1. The number of hydrogen-bond acceptors (Lipinski definition) is 5. The molecule has 0 spiro atoms. The summed E-state index contributed by atoms with van der Waals surface area (Å²) >= 11 is 0. The number of benzene rings is 2. The van der Waals surface area contributed by atoms with E-state index in [1.807, 2.05) is 44.2 Å². The van der Waals surface area contributed by atoms with Crippen LogP contribution < -0.4 is 4.90 Å². The molecule has 1 atom stereocenters. The molecule has 1 heterocycles. The Morgan fingerprint density at radius 1 is 1.23 bits per heavy atom. The van der Waals surface area contributed by atoms with Crippen LogP contribution in [0.2, 0.25) is 0 Å². The molecule has 0 saturated carbocycles. The van der Waals surface area contributed by atoms with Gasteiger partial charge < -0.3 is 5.11 Å². The van der Waals surface area contributed by atoms with E-state index in [9.17, 15) is 14.7 Å². The summed E-state index contributed by atoms with van der Waals surface area (Å²) in [4.78, 5) is 30.2. The van der Waals surface area contributed by atoms with Gasteiger partial charge >= 0.3 is 5.97 Å². The average Bonchev–Trinajstić information content (AvgIpc) is 3.12. The van der Waals surface area contributed by atoms with Crippen molar-refractivity contribution in [2.24, 2.45) is 0 Å². The minimum absolute atomic E-state index is 0.129. The Labute approximate surface area is 150 Å². The van der Waals surface area contributed by atoms with E-state index in [1.54, 1.807) is 0 Å². The van der Waals surface area contributed by atoms with E-state index < -0.39 is 17.3 Å². The van der Waals surface area contributed by atoms with Crippen LogP contribution in [0.5, 0.6) is 0 Å². The molecule has 0 bridgehead atoms. The first-order valence-corrected chi connectivity index (χ1v) is 8.18. The number of anilines is 2. The quantitative estimate of drug-likeness (QED) is 0.684. The number of ketones is 1. The highest BCUT2D eigenvalue weighted by molar-refractivity contribution is 6.13. The third kappa shape index (κ3) is 2.52. The van der Waals surface area contributed by atoms with Crippen molar-refractivity contribution in [1.29, 1.82) is 0 Å². The van der Waals surface area contributed by atoms with Crippen LogP contribution in [0.15, 0.2) is 36.7 Å². The molecule has 0 aliphatic rings. The van der Waals surface area contributed by atoms with Gasteiger partial charge in [0.05, 0.1) is 5.69 Å². The van der Waals surface area contributed by atoms with Crippen LogP contribution in [0, 0.1) is 13.8 Å². The summed E-state index contributed by atoms with van der Waals surface area (Å²) in [5, 5.41) is 18.4. The molecule has 3 rings (SSSR count). The number of Topliss-reactive ketones (excluding diaryl/α,β-unsaturated/α-hetero) is 1. The lowest BCUT2D eigenvalue weighted by Crippen LogP contribution is -2.56. The Kier molecular flexibility index (Phi) is 4.23. The second kappa shape index (κ2) is 6.25. The zero-order valence-electron chi connectivity index (χ0n) is 15.1. The number of aryl methyl sites for hydroxylation is 1. The van der Waals surface area contributed by atoms with Crippen molar-refractivity contribution < 1.29 is 14.7 Å². The number of H-pyrrole nitrogens is 1. The molecule has 0 fully saturated rings. The number of aliphatic carboxylic acids is 1. The fourth-order valence-corrected chi connectivity index (χ4v) is 3.09. The fourth-order valence-electron chi connectivity index (χ4n) is 3.09. The van der Waals surface area contributed by atoms with Gasteiger partial charge in [0.2, 0.25) is 11.5 Å². The second-order valence-corrected chi connectivity index (χ2v) is 6.46. The summed E-state index contributed by atoms with van der Waals surface area (Å²) < 4.78 is 0. The van der Waals surface area contributed by atoms with E-state index in [4.69, 9.17) is 0 Å². The van der Waals surface area contributed by atoms with Gasteiger partial charge in [-0.2, -0.15) is 0 Å². The zero-order valence-corrected chi connectivity index (χ0v) is 15.1. The summed E-state index contributed by atoms with van der Waals surface area (Å²) in [7, 11) is 0. The number of nitrogens with one attached hydrogen (secondary N) is 1. The molecule has 0 saturated heterocycles. The van der Waals surface area contributed by atoms with Gasteiger partial charge in [-0.05, 0) is 44.2 Å². The average molecular weight is 352 g/mol. The van der Waals surface area contributed by atoms with Crippen molar-refractivity contribution in [2.45, 2.75) is 33.2 Å². The van der Waals surface area contributed by atoms with Crippen LogP contribution >= 0.6 is 0 Å². The van der Waals surface area contributed by atoms with Crippen LogP contribution in [-0.2, 0) is 9.59 Å². The van der Waals surface area contributed by atoms with Gasteiger partial charge in [0, 0.05) is 5.39 Å². The zero-order chi connectivity index (χ0) is 19.1. The highest BCUT2D eigenvalue weighted by Gasteiger charge is 2.48. The van der Waals surface area contributed by atoms with E-state index in [0.717, 1.165) is 21.9 Å².